The minimum atomic E-state index is -0.173. The molecule has 0 saturated heterocycles. The Balaban J connectivity index is 1.98. The molecule has 120 valence electrons. The zero-order valence-electron chi connectivity index (χ0n) is 13.7. The summed E-state index contributed by atoms with van der Waals surface area (Å²) in [6.07, 6.45) is 3.21. The van der Waals surface area contributed by atoms with Crippen molar-refractivity contribution < 1.29 is 14.3 Å². The van der Waals surface area contributed by atoms with Gasteiger partial charge in [-0.2, -0.15) is 0 Å². The van der Waals surface area contributed by atoms with Crippen LogP contribution in [0.4, 0.5) is 0 Å². The van der Waals surface area contributed by atoms with Crippen LogP contribution >= 0.6 is 0 Å². The third kappa shape index (κ3) is 4.78. The molecule has 3 nitrogen and oxygen atoms in total. The molecule has 0 unspecified atom stereocenters. The van der Waals surface area contributed by atoms with Crippen LogP contribution in [0.5, 0.6) is 5.75 Å². The maximum atomic E-state index is 12.2. The van der Waals surface area contributed by atoms with Crippen molar-refractivity contribution in [3.8, 4) is 5.75 Å². The van der Waals surface area contributed by atoms with E-state index in [9.17, 15) is 9.59 Å². The number of carbonyl (C=O) groups is 2. The first-order valence-corrected chi connectivity index (χ1v) is 7.93. The Morgan fingerprint density at radius 3 is 1.87 bits per heavy atom. The van der Waals surface area contributed by atoms with Crippen molar-refractivity contribution in [1.82, 2.24) is 0 Å². The summed E-state index contributed by atoms with van der Waals surface area (Å²) in [5.41, 5.74) is 2.34. The van der Waals surface area contributed by atoms with E-state index in [0.29, 0.717) is 16.9 Å². The van der Waals surface area contributed by atoms with Crippen molar-refractivity contribution in [2.75, 3.05) is 7.11 Å². The van der Waals surface area contributed by atoms with E-state index in [2.05, 4.69) is 6.92 Å². The minimum Gasteiger partial charge on any atom is -0.497 e. The van der Waals surface area contributed by atoms with Gasteiger partial charge >= 0.3 is 0 Å². The molecule has 0 radical (unpaired) electrons. The van der Waals surface area contributed by atoms with Crippen LogP contribution in [0.3, 0.4) is 0 Å². The Hall–Kier alpha value is -2.42. The van der Waals surface area contributed by atoms with Gasteiger partial charge in [0.05, 0.1) is 13.5 Å². The third-order valence-electron chi connectivity index (χ3n) is 3.83. The second-order valence-corrected chi connectivity index (χ2v) is 5.55. The summed E-state index contributed by atoms with van der Waals surface area (Å²) in [6, 6.07) is 14.4. The first-order chi connectivity index (χ1) is 11.1. The standard InChI is InChI=1S/C20H22O3/c1-3-4-5-15-6-8-16(9-7-15)19(21)14-20(22)17-10-12-18(23-2)13-11-17/h6-13H,3-5,14H2,1-2H3. The third-order valence-corrected chi connectivity index (χ3v) is 3.83. The summed E-state index contributed by atoms with van der Waals surface area (Å²) >= 11 is 0. The van der Waals surface area contributed by atoms with Crippen LogP contribution < -0.4 is 4.74 Å². The van der Waals surface area contributed by atoms with Crippen molar-refractivity contribution in [1.29, 1.82) is 0 Å². The predicted octanol–water partition coefficient (Wildman–Crippen LogP) is 4.49. The van der Waals surface area contributed by atoms with E-state index in [-0.39, 0.29) is 18.0 Å². The molecule has 3 heteroatoms. The van der Waals surface area contributed by atoms with Gasteiger partial charge in [-0.05, 0) is 42.7 Å². The molecule has 0 N–H and O–H groups in total. The van der Waals surface area contributed by atoms with E-state index in [4.69, 9.17) is 4.74 Å². The van der Waals surface area contributed by atoms with E-state index < -0.39 is 0 Å². The Labute approximate surface area is 137 Å². The molecule has 0 atom stereocenters. The Bertz CT molecular complexity index is 654. The lowest BCUT2D eigenvalue weighted by atomic mass is 9.99. The lowest BCUT2D eigenvalue weighted by molar-refractivity contribution is 0.0894. The molecule has 2 rings (SSSR count). The predicted molar refractivity (Wildman–Crippen MR) is 91.3 cm³/mol. The van der Waals surface area contributed by atoms with Crippen molar-refractivity contribution >= 4 is 11.6 Å². The van der Waals surface area contributed by atoms with E-state index in [1.54, 1.807) is 31.4 Å². The van der Waals surface area contributed by atoms with Gasteiger partial charge in [0.15, 0.2) is 11.6 Å². The minimum absolute atomic E-state index is 0.110. The van der Waals surface area contributed by atoms with Gasteiger partial charge in [0.1, 0.15) is 5.75 Å². The van der Waals surface area contributed by atoms with Gasteiger partial charge in [-0.3, -0.25) is 9.59 Å². The highest BCUT2D eigenvalue weighted by Crippen LogP contribution is 2.15. The number of ether oxygens (including phenoxy) is 1. The van der Waals surface area contributed by atoms with Crippen LogP contribution in [0.2, 0.25) is 0 Å². The number of Topliss-reactive ketones (excluding diaryl/α,β-unsaturated/α-hetero) is 2. The summed E-state index contributed by atoms with van der Waals surface area (Å²) in [5.74, 6) is 0.371. The fourth-order valence-corrected chi connectivity index (χ4v) is 2.37. The van der Waals surface area contributed by atoms with Crippen LogP contribution in [-0.4, -0.2) is 18.7 Å². The monoisotopic (exact) mass is 310 g/mol. The smallest absolute Gasteiger partial charge is 0.170 e. The van der Waals surface area contributed by atoms with E-state index >= 15 is 0 Å². The number of carbonyl (C=O) groups excluding carboxylic acids is 2. The second-order valence-electron chi connectivity index (χ2n) is 5.55. The molecule has 0 aromatic heterocycles. The van der Waals surface area contributed by atoms with E-state index in [0.717, 1.165) is 19.3 Å². The quantitative estimate of drug-likeness (QED) is 0.533. The summed E-state index contributed by atoms with van der Waals surface area (Å²) in [7, 11) is 1.57. The molecule has 0 aliphatic carbocycles. The van der Waals surface area contributed by atoms with Gasteiger partial charge in [0.2, 0.25) is 0 Å². The molecule has 23 heavy (non-hydrogen) atoms. The molecule has 0 aliphatic rings. The SMILES string of the molecule is CCCCc1ccc(C(=O)CC(=O)c2ccc(OC)cc2)cc1. The van der Waals surface area contributed by atoms with Crippen LogP contribution in [-0.2, 0) is 6.42 Å². The lowest BCUT2D eigenvalue weighted by Gasteiger charge is -2.05. The molecule has 2 aromatic carbocycles. The molecule has 2 aromatic rings. The number of methoxy groups -OCH3 is 1. The average Bonchev–Trinajstić information content (AvgIpc) is 2.60. The molecule has 0 aliphatic heterocycles. The summed E-state index contributed by atoms with van der Waals surface area (Å²) < 4.78 is 5.06. The van der Waals surface area contributed by atoms with Crippen LogP contribution in [0.1, 0.15) is 52.5 Å². The van der Waals surface area contributed by atoms with Gasteiger partial charge in [0.25, 0.3) is 0 Å². The van der Waals surface area contributed by atoms with Gasteiger partial charge < -0.3 is 4.74 Å². The average molecular weight is 310 g/mol. The van der Waals surface area contributed by atoms with E-state index in [1.165, 1.54) is 5.56 Å². The Morgan fingerprint density at radius 1 is 0.870 bits per heavy atom. The molecule has 0 heterocycles. The van der Waals surface area contributed by atoms with Gasteiger partial charge in [-0.15, -0.1) is 0 Å². The molecular weight excluding hydrogens is 288 g/mol. The molecular formula is C20H22O3. The largest absolute Gasteiger partial charge is 0.497 e. The normalized spacial score (nSPS) is 10.3. The molecule has 0 saturated carbocycles. The highest BCUT2D eigenvalue weighted by molar-refractivity contribution is 6.13. The second kappa shape index (κ2) is 8.28. The fraction of sp³-hybridized carbons (Fsp3) is 0.300. The molecule has 0 spiro atoms. The highest BCUT2D eigenvalue weighted by Gasteiger charge is 2.13. The van der Waals surface area contributed by atoms with Gasteiger partial charge in [-0.25, -0.2) is 0 Å². The summed E-state index contributed by atoms with van der Waals surface area (Å²) in [4.78, 5) is 24.4. The van der Waals surface area contributed by atoms with Crippen LogP contribution in [0.15, 0.2) is 48.5 Å². The number of unbranched alkanes of at least 4 members (excludes halogenated alkanes) is 1. The fourth-order valence-electron chi connectivity index (χ4n) is 2.37. The number of aryl methyl sites for hydroxylation is 1. The zero-order valence-corrected chi connectivity index (χ0v) is 13.7. The van der Waals surface area contributed by atoms with E-state index in [1.807, 2.05) is 24.3 Å². The maximum absolute atomic E-state index is 12.2. The molecule has 0 bridgehead atoms. The van der Waals surface area contributed by atoms with Gasteiger partial charge in [0, 0.05) is 11.1 Å². The Kier molecular flexibility index (Phi) is 6.10. The van der Waals surface area contributed by atoms with Crippen molar-refractivity contribution in [3.63, 3.8) is 0 Å². The highest BCUT2D eigenvalue weighted by atomic mass is 16.5. The number of hydrogen-bond donors (Lipinski definition) is 0. The van der Waals surface area contributed by atoms with Gasteiger partial charge in [-0.1, -0.05) is 37.6 Å². The topological polar surface area (TPSA) is 43.4 Å². The van der Waals surface area contributed by atoms with Crippen LogP contribution in [0, 0.1) is 0 Å². The molecule has 0 amide bonds. The van der Waals surface area contributed by atoms with Crippen molar-refractivity contribution in [2.24, 2.45) is 0 Å². The lowest BCUT2D eigenvalue weighted by Crippen LogP contribution is -2.08. The summed E-state index contributed by atoms with van der Waals surface area (Å²) in [6.45, 7) is 2.16. The molecule has 0 fully saturated rings. The van der Waals surface area contributed by atoms with Crippen LogP contribution in [0.25, 0.3) is 0 Å². The first-order valence-electron chi connectivity index (χ1n) is 7.93. The zero-order chi connectivity index (χ0) is 16.7. The van der Waals surface area contributed by atoms with Crippen molar-refractivity contribution in [3.05, 3.63) is 65.2 Å². The number of benzene rings is 2. The Morgan fingerprint density at radius 2 is 1.39 bits per heavy atom. The van der Waals surface area contributed by atoms with Crippen molar-refractivity contribution in [2.45, 2.75) is 32.6 Å². The maximum Gasteiger partial charge on any atom is 0.170 e. The number of hydrogen-bond acceptors (Lipinski definition) is 3. The number of ketones is 2. The summed E-state index contributed by atoms with van der Waals surface area (Å²) in [5, 5.41) is 0. The first kappa shape index (κ1) is 16.9. The number of rotatable bonds is 8.